The predicted octanol–water partition coefficient (Wildman–Crippen LogP) is 2.07. The molecule has 3 heteroatoms. The fourth-order valence-corrected chi connectivity index (χ4v) is 1.42. The van der Waals surface area contributed by atoms with Gasteiger partial charge in [0.2, 0.25) is 5.91 Å². The van der Waals surface area contributed by atoms with Crippen LogP contribution in [0.5, 0.6) is 0 Å². The van der Waals surface area contributed by atoms with Crippen LogP contribution in [0.1, 0.15) is 52.4 Å². The summed E-state index contributed by atoms with van der Waals surface area (Å²) >= 11 is 0. The molecule has 0 bridgehead atoms. The van der Waals surface area contributed by atoms with E-state index < -0.39 is 0 Å². The van der Waals surface area contributed by atoms with Crippen LogP contribution in [0.25, 0.3) is 0 Å². The zero-order chi connectivity index (χ0) is 11.4. The normalized spacial score (nSPS) is 10.3. The van der Waals surface area contributed by atoms with Gasteiger partial charge in [0, 0.05) is 13.0 Å². The van der Waals surface area contributed by atoms with Crippen LogP contribution in [0.15, 0.2) is 0 Å². The van der Waals surface area contributed by atoms with E-state index in [0.29, 0.717) is 6.42 Å². The molecule has 0 unspecified atom stereocenters. The third-order valence-corrected chi connectivity index (χ3v) is 2.36. The van der Waals surface area contributed by atoms with Crippen molar-refractivity contribution in [3.63, 3.8) is 0 Å². The van der Waals surface area contributed by atoms with Crippen molar-refractivity contribution >= 4 is 5.91 Å². The Labute approximate surface area is 94.0 Å². The Hall–Kier alpha value is -0.570. The van der Waals surface area contributed by atoms with E-state index in [9.17, 15) is 4.79 Å². The lowest BCUT2D eigenvalue weighted by atomic mass is 10.1. The van der Waals surface area contributed by atoms with E-state index in [0.717, 1.165) is 32.5 Å². The average Bonchev–Trinajstić information content (AvgIpc) is 2.24. The summed E-state index contributed by atoms with van der Waals surface area (Å²) in [5.74, 6) is 0.211. The highest BCUT2D eigenvalue weighted by molar-refractivity contribution is 5.75. The summed E-state index contributed by atoms with van der Waals surface area (Å²) in [5.41, 5.74) is 0. The SMILES string of the molecule is CCCCCCC(=O)NCCCNCC. The summed E-state index contributed by atoms with van der Waals surface area (Å²) in [5, 5.41) is 6.17. The van der Waals surface area contributed by atoms with Crippen molar-refractivity contribution in [2.45, 2.75) is 52.4 Å². The van der Waals surface area contributed by atoms with Gasteiger partial charge in [-0.15, -0.1) is 0 Å². The molecule has 0 saturated carbocycles. The molecular formula is C12H26N2O. The molecule has 0 atom stereocenters. The van der Waals surface area contributed by atoms with Crippen LogP contribution in [0.4, 0.5) is 0 Å². The number of unbranched alkanes of at least 4 members (excludes halogenated alkanes) is 3. The summed E-state index contributed by atoms with van der Waals surface area (Å²) in [4.78, 5) is 11.3. The molecule has 2 N–H and O–H groups in total. The van der Waals surface area contributed by atoms with E-state index in [1.165, 1.54) is 19.3 Å². The van der Waals surface area contributed by atoms with Crippen LogP contribution in [-0.2, 0) is 4.79 Å². The molecule has 0 saturated heterocycles. The first-order chi connectivity index (χ1) is 7.31. The van der Waals surface area contributed by atoms with Gasteiger partial charge < -0.3 is 10.6 Å². The van der Waals surface area contributed by atoms with E-state index in [4.69, 9.17) is 0 Å². The van der Waals surface area contributed by atoms with Crippen LogP contribution in [0.2, 0.25) is 0 Å². The molecule has 0 aliphatic heterocycles. The molecule has 0 aromatic carbocycles. The van der Waals surface area contributed by atoms with E-state index in [1.807, 2.05) is 0 Å². The van der Waals surface area contributed by atoms with Gasteiger partial charge >= 0.3 is 0 Å². The molecule has 0 fully saturated rings. The minimum absolute atomic E-state index is 0.211. The molecule has 0 spiro atoms. The van der Waals surface area contributed by atoms with Crippen LogP contribution >= 0.6 is 0 Å². The average molecular weight is 214 g/mol. The highest BCUT2D eigenvalue weighted by Gasteiger charge is 1.99. The van der Waals surface area contributed by atoms with Crippen molar-refractivity contribution in [3.05, 3.63) is 0 Å². The number of rotatable bonds is 10. The molecule has 0 aliphatic carbocycles. The smallest absolute Gasteiger partial charge is 0.219 e. The predicted molar refractivity (Wildman–Crippen MR) is 64.9 cm³/mol. The monoisotopic (exact) mass is 214 g/mol. The van der Waals surface area contributed by atoms with Crippen molar-refractivity contribution in [1.82, 2.24) is 10.6 Å². The van der Waals surface area contributed by atoms with Crippen LogP contribution < -0.4 is 10.6 Å². The number of amides is 1. The lowest BCUT2D eigenvalue weighted by molar-refractivity contribution is -0.121. The number of carbonyl (C=O) groups is 1. The maximum absolute atomic E-state index is 11.3. The Morgan fingerprint density at radius 2 is 1.80 bits per heavy atom. The number of nitrogens with one attached hydrogen (secondary N) is 2. The van der Waals surface area contributed by atoms with Gasteiger partial charge in [-0.05, 0) is 25.9 Å². The lowest BCUT2D eigenvalue weighted by Crippen LogP contribution is -2.27. The Balaban J connectivity index is 3.11. The lowest BCUT2D eigenvalue weighted by Gasteiger charge is -2.05. The number of hydrogen-bond acceptors (Lipinski definition) is 2. The van der Waals surface area contributed by atoms with E-state index in [-0.39, 0.29) is 5.91 Å². The topological polar surface area (TPSA) is 41.1 Å². The molecule has 0 heterocycles. The first-order valence-electron chi connectivity index (χ1n) is 6.28. The minimum Gasteiger partial charge on any atom is -0.356 e. The largest absolute Gasteiger partial charge is 0.356 e. The molecule has 15 heavy (non-hydrogen) atoms. The van der Waals surface area contributed by atoms with Gasteiger partial charge in [0.15, 0.2) is 0 Å². The van der Waals surface area contributed by atoms with Crippen LogP contribution in [-0.4, -0.2) is 25.5 Å². The highest BCUT2D eigenvalue weighted by atomic mass is 16.1. The zero-order valence-corrected chi connectivity index (χ0v) is 10.3. The van der Waals surface area contributed by atoms with Crippen LogP contribution in [0, 0.1) is 0 Å². The molecular weight excluding hydrogens is 188 g/mol. The number of carbonyl (C=O) groups excluding carboxylic acids is 1. The number of hydrogen-bond donors (Lipinski definition) is 2. The fraction of sp³-hybridized carbons (Fsp3) is 0.917. The Bertz CT molecular complexity index is 149. The molecule has 90 valence electrons. The molecule has 0 rings (SSSR count). The van der Waals surface area contributed by atoms with Crippen molar-refractivity contribution < 1.29 is 4.79 Å². The van der Waals surface area contributed by atoms with Crippen molar-refractivity contribution in [1.29, 1.82) is 0 Å². The quantitative estimate of drug-likeness (QED) is 0.547. The molecule has 3 nitrogen and oxygen atoms in total. The third kappa shape index (κ3) is 11.4. The van der Waals surface area contributed by atoms with E-state index >= 15 is 0 Å². The Morgan fingerprint density at radius 3 is 2.47 bits per heavy atom. The second kappa shape index (κ2) is 11.5. The summed E-state index contributed by atoms with van der Waals surface area (Å²) in [7, 11) is 0. The van der Waals surface area contributed by atoms with Crippen LogP contribution in [0.3, 0.4) is 0 Å². The van der Waals surface area contributed by atoms with Gasteiger partial charge in [0.1, 0.15) is 0 Å². The standard InChI is InChI=1S/C12H26N2O/c1-3-5-6-7-9-12(15)14-11-8-10-13-4-2/h13H,3-11H2,1-2H3,(H,14,15). The fourth-order valence-electron chi connectivity index (χ4n) is 1.42. The highest BCUT2D eigenvalue weighted by Crippen LogP contribution is 2.01. The van der Waals surface area contributed by atoms with Crippen molar-refractivity contribution in [2.75, 3.05) is 19.6 Å². The molecule has 1 amide bonds. The minimum atomic E-state index is 0.211. The van der Waals surface area contributed by atoms with Gasteiger partial charge in [0.25, 0.3) is 0 Å². The van der Waals surface area contributed by atoms with Gasteiger partial charge in [-0.1, -0.05) is 33.1 Å². The van der Waals surface area contributed by atoms with Gasteiger partial charge in [-0.3, -0.25) is 4.79 Å². The summed E-state index contributed by atoms with van der Waals surface area (Å²) in [6, 6.07) is 0. The summed E-state index contributed by atoms with van der Waals surface area (Å²) < 4.78 is 0. The van der Waals surface area contributed by atoms with Gasteiger partial charge in [-0.2, -0.15) is 0 Å². The Morgan fingerprint density at radius 1 is 1.00 bits per heavy atom. The third-order valence-electron chi connectivity index (χ3n) is 2.36. The molecule has 0 aromatic rings. The van der Waals surface area contributed by atoms with Crippen molar-refractivity contribution in [2.24, 2.45) is 0 Å². The van der Waals surface area contributed by atoms with Gasteiger partial charge in [-0.25, -0.2) is 0 Å². The van der Waals surface area contributed by atoms with E-state index in [2.05, 4.69) is 24.5 Å². The molecule has 0 aromatic heterocycles. The summed E-state index contributed by atoms with van der Waals surface area (Å²) in [6.07, 6.45) is 6.40. The first-order valence-corrected chi connectivity index (χ1v) is 6.28. The maximum atomic E-state index is 11.3. The van der Waals surface area contributed by atoms with Crippen molar-refractivity contribution in [3.8, 4) is 0 Å². The second-order valence-corrected chi connectivity index (χ2v) is 3.87. The molecule has 0 radical (unpaired) electrons. The van der Waals surface area contributed by atoms with E-state index in [1.54, 1.807) is 0 Å². The first kappa shape index (κ1) is 14.4. The van der Waals surface area contributed by atoms with Gasteiger partial charge in [0.05, 0.1) is 0 Å². The maximum Gasteiger partial charge on any atom is 0.219 e. The Kier molecular flexibility index (Phi) is 11.1. The summed E-state index contributed by atoms with van der Waals surface area (Å²) in [6.45, 7) is 7.07. The zero-order valence-electron chi connectivity index (χ0n) is 10.3. The molecule has 0 aliphatic rings. The second-order valence-electron chi connectivity index (χ2n) is 3.87.